The summed E-state index contributed by atoms with van der Waals surface area (Å²) in [6.45, 7) is 8.61. The zero-order chi connectivity index (χ0) is 18.6. The molecule has 2 aliphatic rings. The van der Waals surface area contributed by atoms with Crippen molar-refractivity contribution in [3.8, 4) is 0 Å². The van der Waals surface area contributed by atoms with Crippen molar-refractivity contribution in [2.24, 2.45) is 4.99 Å². The lowest BCUT2D eigenvalue weighted by Crippen LogP contribution is -2.53. The molecule has 7 heteroatoms. The summed E-state index contributed by atoms with van der Waals surface area (Å²) >= 11 is 0. The normalized spacial score (nSPS) is 23.6. The van der Waals surface area contributed by atoms with E-state index >= 15 is 0 Å². The molecule has 6 nitrogen and oxygen atoms in total. The van der Waals surface area contributed by atoms with E-state index in [1.165, 1.54) is 38.6 Å². The van der Waals surface area contributed by atoms with Crippen molar-refractivity contribution in [3.63, 3.8) is 0 Å². The highest BCUT2D eigenvalue weighted by atomic mass is 127. The second-order valence-electron chi connectivity index (χ2n) is 7.71. The highest BCUT2D eigenvalue weighted by Gasteiger charge is 2.32. The van der Waals surface area contributed by atoms with Crippen LogP contribution in [0.5, 0.6) is 0 Å². The molecule has 0 aromatic rings. The minimum Gasteiger partial charge on any atom is -0.375 e. The number of ether oxygens (including phenoxy) is 2. The van der Waals surface area contributed by atoms with Crippen LogP contribution in [0.4, 0.5) is 0 Å². The van der Waals surface area contributed by atoms with Crippen molar-refractivity contribution >= 4 is 29.9 Å². The van der Waals surface area contributed by atoms with Crippen LogP contribution in [0.3, 0.4) is 0 Å². The zero-order valence-corrected chi connectivity index (χ0v) is 20.0. The molecular weight excluding hydrogens is 455 g/mol. The number of aliphatic imine (C=N–C) groups is 1. The van der Waals surface area contributed by atoms with E-state index in [1.807, 2.05) is 0 Å². The van der Waals surface area contributed by atoms with E-state index in [4.69, 9.17) is 14.5 Å². The summed E-state index contributed by atoms with van der Waals surface area (Å²) in [6, 6.07) is 0. The van der Waals surface area contributed by atoms with Gasteiger partial charge >= 0.3 is 0 Å². The van der Waals surface area contributed by atoms with Crippen LogP contribution in [0.2, 0.25) is 0 Å². The smallest absolute Gasteiger partial charge is 0.194 e. The Labute approximate surface area is 183 Å². The number of nitrogens with one attached hydrogen (secondary N) is 1. The van der Waals surface area contributed by atoms with Gasteiger partial charge in [-0.15, -0.1) is 24.0 Å². The van der Waals surface area contributed by atoms with Crippen LogP contribution in [0.15, 0.2) is 4.99 Å². The number of guanidine groups is 1. The summed E-state index contributed by atoms with van der Waals surface area (Å²) in [5.74, 6) is 1.05. The van der Waals surface area contributed by atoms with E-state index in [-0.39, 0.29) is 36.2 Å². The molecule has 0 aromatic heterocycles. The van der Waals surface area contributed by atoms with Gasteiger partial charge in [-0.1, -0.05) is 19.3 Å². The monoisotopic (exact) mass is 496 g/mol. The first-order valence-electron chi connectivity index (χ1n) is 10.6. The molecule has 0 bridgehead atoms. The van der Waals surface area contributed by atoms with Crippen molar-refractivity contribution < 1.29 is 9.47 Å². The molecular formula is C20H41IN4O2. The molecule has 2 saturated heterocycles. The molecule has 0 aliphatic carbocycles. The molecule has 2 rings (SSSR count). The predicted molar refractivity (Wildman–Crippen MR) is 123 cm³/mol. The van der Waals surface area contributed by atoms with Crippen LogP contribution in [0, 0.1) is 0 Å². The lowest BCUT2D eigenvalue weighted by Gasteiger charge is -2.37. The Morgan fingerprint density at radius 3 is 2.52 bits per heavy atom. The molecule has 27 heavy (non-hydrogen) atoms. The van der Waals surface area contributed by atoms with E-state index in [0.717, 1.165) is 58.2 Å². The number of unbranched alkanes of at least 4 members (excludes halogenated alkanes) is 4. The molecule has 2 atom stereocenters. The van der Waals surface area contributed by atoms with Gasteiger partial charge in [-0.3, -0.25) is 4.99 Å². The Hall–Kier alpha value is -0.120. The highest BCUT2D eigenvalue weighted by Crippen LogP contribution is 2.21. The van der Waals surface area contributed by atoms with Gasteiger partial charge in [0.05, 0.1) is 12.7 Å². The topological polar surface area (TPSA) is 49.3 Å². The first-order valence-corrected chi connectivity index (χ1v) is 10.6. The van der Waals surface area contributed by atoms with E-state index in [1.54, 1.807) is 0 Å². The molecule has 160 valence electrons. The zero-order valence-electron chi connectivity index (χ0n) is 17.6. The summed E-state index contributed by atoms with van der Waals surface area (Å²) in [4.78, 5) is 9.49. The van der Waals surface area contributed by atoms with Gasteiger partial charge in [0, 0.05) is 32.8 Å². The van der Waals surface area contributed by atoms with Crippen LogP contribution < -0.4 is 5.32 Å². The summed E-state index contributed by atoms with van der Waals surface area (Å²) < 4.78 is 11.8. The predicted octanol–water partition coefficient (Wildman–Crippen LogP) is 2.96. The number of hydrogen-bond acceptors (Lipinski definition) is 4. The van der Waals surface area contributed by atoms with Crippen LogP contribution in [0.1, 0.15) is 51.9 Å². The Balaban J connectivity index is 0.00000364. The Morgan fingerprint density at radius 1 is 1.07 bits per heavy atom. The lowest BCUT2D eigenvalue weighted by atomic mass is 10.1. The molecule has 2 heterocycles. The first kappa shape index (κ1) is 24.9. The van der Waals surface area contributed by atoms with Crippen LogP contribution in [-0.2, 0) is 9.47 Å². The van der Waals surface area contributed by atoms with Crippen molar-refractivity contribution in [2.45, 2.75) is 64.1 Å². The second-order valence-corrected chi connectivity index (χ2v) is 7.71. The standard InChI is InChI=1S/C20H40N4O2.HI/c1-4-21-20(22-12-8-6-5-7-9-13-23(2)3)24-14-16-26-19(17-24)18-11-10-15-25-18;/h18-19H,4-17H2,1-3H3,(H,21,22);1H. The maximum Gasteiger partial charge on any atom is 0.194 e. The largest absolute Gasteiger partial charge is 0.375 e. The summed E-state index contributed by atoms with van der Waals surface area (Å²) in [5.41, 5.74) is 0. The Morgan fingerprint density at radius 2 is 1.81 bits per heavy atom. The number of hydrogen-bond donors (Lipinski definition) is 1. The van der Waals surface area contributed by atoms with Gasteiger partial charge in [0.15, 0.2) is 5.96 Å². The molecule has 0 amide bonds. The Bertz CT molecular complexity index is 403. The van der Waals surface area contributed by atoms with E-state index in [9.17, 15) is 0 Å². The van der Waals surface area contributed by atoms with Gasteiger partial charge in [-0.25, -0.2) is 0 Å². The molecule has 2 unspecified atom stereocenters. The van der Waals surface area contributed by atoms with Gasteiger partial charge in [0.2, 0.25) is 0 Å². The molecule has 0 spiro atoms. The Kier molecular flexibility index (Phi) is 13.7. The highest BCUT2D eigenvalue weighted by molar-refractivity contribution is 14.0. The SMILES string of the molecule is CCNC(=NCCCCCCCN(C)C)N1CCOC(C2CCCO2)C1.I. The number of rotatable bonds is 10. The van der Waals surface area contributed by atoms with E-state index in [2.05, 4.69) is 36.1 Å². The lowest BCUT2D eigenvalue weighted by molar-refractivity contribution is -0.0817. The first-order chi connectivity index (χ1) is 12.7. The average molecular weight is 496 g/mol. The quantitative estimate of drug-likeness (QED) is 0.218. The van der Waals surface area contributed by atoms with Crippen LogP contribution in [0.25, 0.3) is 0 Å². The number of nitrogens with zero attached hydrogens (tertiary/aromatic N) is 3. The third-order valence-electron chi connectivity index (χ3n) is 5.13. The summed E-state index contributed by atoms with van der Waals surface area (Å²) in [5, 5.41) is 3.46. The van der Waals surface area contributed by atoms with Gasteiger partial charge in [-0.05, 0) is 53.2 Å². The van der Waals surface area contributed by atoms with Gasteiger partial charge in [-0.2, -0.15) is 0 Å². The van der Waals surface area contributed by atoms with Gasteiger partial charge in [0.25, 0.3) is 0 Å². The summed E-state index contributed by atoms with van der Waals surface area (Å²) in [7, 11) is 4.29. The van der Waals surface area contributed by atoms with Gasteiger partial charge in [0.1, 0.15) is 6.10 Å². The van der Waals surface area contributed by atoms with Gasteiger partial charge < -0.3 is 24.6 Å². The maximum absolute atomic E-state index is 5.96. The minimum atomic E-state index is 0. The molecule has 0 saturated carbocycles. The number of halogens is 1. The van der Waals surface area contributed by atoms with Crippen molar-refractivity contribution in [1.29, 1.82) is 0 Å². The fourth-order valence-electron chi connectivity index (χ4n) is 3.67. The van der Waals surface area contributed by atoms with Crippen molar-refractivity contribution in [1.82, 2.24) is 15.1 Å². The maximum atomic E-state index is 5.96. The molecule has 1 N–H and O–H groups in total. The molecule has 0 aromatic carbocycles. The molecule has 0 radical (unpaired) electrons. The van der Waals surface area contributed by atoms with Crippen molar-refractivity contribution in [2.75, 3.05) is 60.0 Å². The second kappa shape index (κ2) is 14.8. The van der Waals surface area contributed by atoms with Crippen LogP contribution in [-0.4, -0.2) is 88.0 Å². The third-order valence-corrected chi connectivity index (χ3v) is 5.13. The number of morpholine rings is 1. The fraction of sp³-hybridized carbons (Fsp3) is 0.950. The molecule has 2 fully saturated rings. The van der Waals surface area contributed by atoms with E-state index < -0.39 is 0 Å². The third kappa shape index (κ3) is 9.76. The molecule has 2 aliphatic heterocycles. The average Bonchev–Trinajstić information content (AvgIpc) is 3.17. The fourth-order valence-corrected chi connectivity index (χ4v) is 3.67. The van der Waals surface area contributed by atoms with Crippen LogP contribution >= 0.6 is 24.0 Å². The minimum absolute atomic E-state index is 0. The van der Waals surface area contributed by atoms with E-state index in [0.29, 0.717) is 0 Å². The summed E-state index contributed by atoms with van der Waals surface area (Å²) in [6.07, 6.45) is 9.14. The van der Waals surface area contributed by atoms with Crippen molar-refractivity contribution in [3.05, 3.63) is 0 Å².